The molecule has 1 amide bonds. The van der Waals surface area contributed by atoms with E-state index in [-0.39, 0.29) is 18.9 Å². The summed E-state index contributed by atoms with van der Waals surface area (Å²) in [5.74, 6) is 0.184. The summed E-state index contributed by atoms with van der Waals surface area (Å²) in [6.45, 7) is 0.260. The second-order valence-electron chi connectivity index (χ2n) is 5.99. The molecule has 1 heterocycles. The third-order valence-electron chi connectivity index (χ3n) is 4.07. The van der Waals surface area contributed by atoms with Crippen LogP contribution in [0.5, 0.6) is 5.75 Å². The summed E-state index contributed by atoms with van der Waals surface area (Å²) in [7, 11) is 2.78. The van der Waals surface area contributed by atoms with Crippen molar-refractivity contribution in [3.8, 4) is 17.2 Å². The van der Waals surface area contributed by atoms with Crippen LogP contribution in [-0.2, 0) is 22.5 Å². The van der Waals surface area contributed by atoms with Gasteiger partial charge < -0.3 is 19.2 Å². The minimum Gasteiger partial charge on any atom is -0.496 e. The van der Waals surface area contributed by atoms with Gasteiger partial charge in [0.15, 0.2) is 0 Å². The summed E-state index contributed by atoms with van der Waals surface area (Å²) in [5.41, 5.74) is 2.45. The third kappa shape index (κ3) is 4.56. The van der Waals surface area contributed by atoms with Crippen molar-refractivity contribution < 1.29 is 23.5 Å². The quantitative estimate of drug-likeness (QED) is 0.634. The van der Waals surface area contributed by atoms with Crippen LogP contribution in [0, 0.1) is 0 Å². The predicted molar refractivity (Wildman–Crippen MR) is 102 cm³/mol. The summed E-state index contributed by atoms with van der Waals surface area (Å²) in [6.07, 6.45) is 1.57. The van der Waals surface area contributed by atoms with Crippen molar-refractivity contribution in [2.75, 3.05) is 14.2 Å². The first-order valence-corrected chi connectivity index (χ1v) is 8.62. The van der Waals surface area contributed by atoms with E-state index in [2.05, 4.69) is 10.3 Å². The minimum absolute atomic E-state index is 0.0936. The number of esters is 1. The number of oxazole rings is 1. The number of ether oxygens (including phenoxy) is 2. The lowest BCUT2D eigenvalue weighted by Gasteiger charge is -2.10. The smallest absolute Gasteiger partial charge is 0.341 e. The zero-order valence-corrected chi connectivity index (χ0v) is 15.6. The average Bonchev–Trinajstić information content (AvgIpc) is 3.20. The van der Waals surface area contributed by atoms with Crippen LogP contribution in [0.25, 0.3) is 11.5 Å². The molecule has 144 valence electrons. The number of carbonyl (C=O) groups is 2. The van der Waals surface area contributed by atoms with Gasteiger partial charge in [-0.2, -0.15) is 0 Å². The molecular formula is C21H20N2O5. The molecule has 0 saturated heterocycles. The van der Waals surface area contributed by atoms with Gasteiger partial charge in [0.25, 0.3) is 0 Å². The summed E-state index contributed by atoms with van der Waals surface area (Å²) < 4.78 is 15.3. The van der Waals surface area contributed by atoms with Crippen molar-refractivity contribution in [3.63, 3.8) is 0 Å². The van der Waals surface area contributed by atoms with Crippen LogP contribution in [0.2, 0.25) is 0 Å². The molecule has 7 nitrogen and oxygen atoms in total. The highest BCUT2D eigenvalue weighted by molar-refractivity contribution is 5.92. The van der Waals surface area contributed by atoms with Crippen LogP contribution in [0.3, 0.4) is 0 Å². The van der Waals surface area contributed by atoms with Crippen molar-refractivity contribution >= 4 is 11.9 Å². The number of amides is 1. The standard InChI is InChI=1S/C21H20N2O5/c1-26-18-9-8-14(10-17(18)21(25)27-2)12-22-19(24)11-16-13-28-20(23-16)15-6-4-3-5-7-15/h3-10,13H,11-12H2,1-2H3,(H,22,24). The Morgan fingerprint density at radius 2 is 1.89 bits per heavy atom. The monoisotopic (exact) mass is 380 g/mol. The molecule has 28 heavy (non-hydrogen) atoms. The van der Waals surface area contributed by atoms with Crippen molar-refractivity contribution in [2.45, 2.75) is 13.0 Å². The largest absolute Gasteiger partial charge is 0.496 e. The van der Waals surface area contributed by atoms with Gasteiger partial charge in [-0.15, -0.1) is 0 Å². The molecule has 0 saturated carbocycles. The zero-order valence-electron chi connectivity index (χ0n) is 15.6. The zero-order chi connectivity index (χ0) is 19.9. The highest BCUT2D eigenvalue weighted by Crippen LogP contribution is 2.21. The van der Waals surface area contributed by atoms with Gasteiger partial charge >= 0.3 is 5.97 Å². The van der Waals surface area contributed by atoms with E-state index < -0.39 is 5.97 Å². The number of rotatable bonds is 7. The molecule has 0 aliphatic rings. The lowest BCUT2D eigenvalue weighted by molar-refractivity contribution is -0.120. The van der Waals surface area contributed by atoms with Gasteiger partial charge in [0.1, 0.15) is 17.6 Å². The topological polar surface area (TPSA) is 90.7 Å². The van der Waals surface area contributed by atoms with E-state index in [9.17, 15) is 9.59 Å². The molecule has 0 atom stereocenters. The van der Waals surface area contributed by atoms with Gasteiger partial charge in [0, 0.05) is 12.1 Å². The predicted octanol–water partition coefficient (Wildman–Crippen LogP) is 3.00. The number of benzene rings is 2. The fraction of sp³-hybridized carbons (Fsp3) is 0.190. The molecule has 0 aliphatic carbocycles. The summed E-state index contributed by atoms with van der Waals surface area (Å²) in [4.78, 5) is 28.4. The molecule has 0 unspecified atom stereocenters. The number of aromatic nitrogens is 1. The summed E-state index contributed by atoms with van der Waals surface area (Å²) >= 11 is 0. The molecule has 1 N–H and O–H groups in total. The second-order valence-corrected chi connectivity index (χ2v) is 5.99. The van der Waals surface area contributed by atoms with E-state index in [4.69, 9.17) is 13.9 Å². The van der Waals surface area contributed by atoms with E-state index in [1.165, 1.54) is 20.5 Å². The van der Waals surface area contributed by atoms with Crippen LogP contribution in [0.4, 0.5) is 0 Å². The number of methoxy groups -OCH3 is 2. The Morgan fingerprint density at radius 1 is 1.11 bits per heavy atom. The molecule has 7 heteroatoms. The van der Waals surface area contributed by atoms with Crippen LogP contribution < -0.4 is 10.1 Å². The summed E-state index contributed by atoms with van der Waals surface area (Å²) in [6, 6.07) is 14.5. The molecule has 3 rings (SSSR count). The summed E-state index contributed by atoms with van der Waals surface area (Å²) in [5, 5.41) is 2.80. The number of nitrogens with one attached hydrogen (secondary N) is 1. The van der Waals surface area contributed by atoms with E-state index >= 15 is 0 Å². The fourth-order valence-electron chi connectivity index (χ4n) is 2.66. The Kier molecular flexibility index (Phi) is 6.06. The maximum absolute atomic E-state index is 12.2. The Morgan fingerprint density at radius 3 is 2.61 bits per heavy atom. The van der Waals surface area contributed by atoms with Gasteiger partial charge in [-0.05, 0) is 29.8 Å². The fourth-order valence-corrected chi connectivity index (χ4v) is 2.66. The van der Waals surface area contributed by atoms with Crippen LogP contribution in [-0.4, -0.2) is 31.1 Å². The van der Waals surface area contributed by atoms with Crippen LogP contribution in [0.15, 0.2) is 59.2 Å². The number of carbonyl (C=O) groups excluding carboxylic acids is 2. The minimum atomic E-state index is -0.499. The molecule has 3 aromatic rings. The Balaban J connectivity index is 1.60. The van der Waals surface area contributed by atoms with Gasteiger partial charge in [-0.1, -0.05) is 24.3 Å². The molecule has 0 spiro atoms. The van der Waals surface area contributed by atoms with Gasteiger partial charge in [0.2, 0.25) is 11.8 Å². The average molecular weight is 380 g/mol. The lowest BCUT2D eigenvalue weighted by Crippen LogP contribution is -2.24. The third-order valence-corrected chi connectivity index (χ3v) is 4.07. The molecule has 0 aliphatic heterocycles. The Hall–Kier alpha value is -3.61. The molecule has 1 aromatic heterocycles. The van der Waals surface area contributed by atoms with Crippen molar-refractivity contribution in [2.24, 2.45) is 0 Å². The Bertz CT molecular complexity index is 966. The number of hydrogen-bond donors (Lipinski definition) is 1. The van der Waals surface area contributed by atoms with Crippen molar-refractivity contribution in [1.29, 1.82) is 0 Å². The van der Waals surface area contributed by atoms with Crippen LogP contribution in [0.1, 0.15) is 21.6 Å². The maximum atomic E-state index is 12.2. The molecule has 0 radical (unpaired) electrons. The highest BCUT2D eigenvalue weighted by atomic mass is 16.5. The van der Waals surface area contributed by atoms with Crippen LogP contribution >= 0.6 is 0 Å². The molecular weight excluding hydrogens is 360 g/mol. The first kappa shape index (κ1) is 19.2. The number of nitrogens with zero attached hydrogens (tertiary/aromatic N) is 1. The molecule has 0 fully saturated rings. The lowest BCUT2D eigenvalue weighted by atomic mass is 10.1. The van der Waals surface area contributed by atoms with E-state index in [1.54, 1.807) is 18.2 Å². The highest BCUT2D eigenvalue weighted by Gasteiger charge is 2.14. The molecule has 0 bridgehead atoms. The maximum Gasteiger partial charge on any atom is 0.341 e. The van der Waals surface area contributed by atoms with Gasteiger partial charge in [0.05, 0.1) is 26.3 Å². The molecule has 2 aromatic carbocycles. The SMILES string of the molecule is COC(=O)c1cc(CNC(=O)Cc2coc(-c3ccccc3)n2)ccc1OC. The van der Waals surface area contributed by atoms with Gasteiger partial charge in [-0.25, -0.2) is 9.78 Å². The first-order chi connectivity index (χ1) is 13.6. The van der Waals surface area contributed by atoms with Crippen molar-refractivity contribution in [3.05, 3.63) is 71.6 Å². The number of hydrogen-bond acceptors (Lipinski definition) is 6. The van der Waals surface area contributed by atoms with Crippen molar-refractivity contribution in [1.82, 2.24) is 10.3 Å². The van der Waals surface area contributed by atoms with E-state index in [1.807, 2.05) is 30.3 Å². The first-order valence-electron chi connectivity index (χ1n) is 8.62. The Labute approximate surface area is 162 Å². The normalized spacial score (nSPS) is 10.4. The van der Waals surface area contributed by atoms with E-state index in [0.29, 0.717) is 22.9 Å². The van der Waals surface area contributed by atoms with Gasteiger partial charge in [-0.3, -0.25) is 4.79 Å². The van der Waals surface area contributed by atoms with E-state index in [0.717, 1.165) is 11.1 Å². The second kappa shape index (κ2) is 8.85.